The van der Waals surface area contributed by atoms with Gasteiger partial charge in [-0.05, 0) is 45.2 Å². The maximum absolute atomic E-state index is 12.8. The first-order valence-electron chi connectivity index (χ1n) is 7.73. The Morgan fingerprint density at radius 2 is 1.86 bits per heavy atom. The number of hydrogen-bond donors (Lipinski definition) is 1. The number of nitrogens with zero attached hydrogens (tertiary/aromatic N) is 1. The molecule has 0 aliphatic heterocycles. The molecule has 4 nitrogen and oxygen atoms in total. The molecule has 0 bridgehead atoms. The lowest BCUT2D eigenvalue weighted by molar-refractivity contribution is -0.136. The van der Waals surface area contributed by atoms with Crippen molar-refractivity contribution < 1.29 is 9.59 Å². The molecule has 0 spiro atoms. The van der Waals surface area contributed by atoms with Crippen LogP contribution in [0.4, 0.5) is 5.69 Å². The van der Waals surface area contributed by atoms with Crippen molar-refractivity contribution in [2.75, 3.05) is 11.4 Å². The highest BCUT2D eigenvalue weighted by molar-refractivity contribution is 6.14. The number of benzene rings is 1. The molecule has 0 radical (unpaired) electrons. The molecular weight excluding hydrogens is 264 g/mol. The maximum Gasteiger partial charge on any atom is 0.242 e. The largest absolute Gasteiger partial charge is 0.353 e. The second-order valence-electron chi connectivity index (χ2n) is 5.75. The van der Waals surface area contributed by atoms with Crippen LogP contribution in [-0.4, -0.2) is 24.4 Å². The van der Waals surface area contributed by atoms with Crippen molar-refractivity contribution in [3.63, 3.8) is 0 Å². The molecule has 2 rings (SSSR count). The second-order valence-corrected chi connectivity index (χ2v) is 5.75. The Labute approximate surface area is 126 Å². The highest BCUT2D eigenvalue weighted by Gasteiger charge is 2.58. The summed E-state index contributed by atoms with van der Waals surface area (Å²) in [5, 5.41) is 2.96. The Balaban J connectivity index is 2.16. The van der Waals surface area contributed by atoms with Gasteiger partial charge in [-0.25, -0.2) is 0 Å². The topological polar surface area (TPSA) is 49.4 Å². The Hall–Kier alpha value is -1.84. The fourth-order valence-electron chi connectivity index (χ4n) is 2.44. The van der Waals surface area contributed by atoms with Gasteiger partial charge in [0.05, 0.1) is 0 Å². The van der Waals surface area contributed by atoms with Gasteiger partial charge in [-0.15, -0.1) is 0 Å². The number of rotatable bonds is 6. The highest BCUT2D eigenvalue weighted by Crippen LogP contribution is 2.48. The van der Waals surface area contributed by atoms with E-state index in [9.17, 15) is 9.59 Å². The SMILES string of the molecule is CCC(C)NC(=O)C1(C(=O)N(CC)c2ccccc2)CC1. The van der Waals surface area contributed by atoms with Crippen LogP contribution in [0.1, 0.15) is 40.0 Å². The normalized spacial score (nSPS) is 16.9. The van der Waals surface area contributed by atoms with Crippen LogP contribution < -0.4 is 10.2 Å². The summed E-state index contributed by atoms with van der Waals surface area (Å²) in [7, 11) is 0. The molecule has 1 unspecified atom stereocenters. The van der Waals surface area contributed by atoms with Crippen molar-refractivity contribution >= 4 is 17.5 Å². The van der Waals surface area contributed by atoms with Crippen LogP contribution in [0.25, 0.3) is 0 Å². The van der Waals surface area contributed by atoms with Gasteiger partial charge in [0.1, 0.15) is 5.41 Å². The van der Waals surface area contributed by atoms with Gasteiger partial charge in [-0.3, -0.25) is 9.59 Å². The molecule has 0 heterocycles. The van der Waals surface area contributed by atoms with E-state index in [4.69, 9.17) is 0 Å². The second kappa shape index (κ2) is 6.29. The minimum Gasteiger partial charge on any atom is -0.353 e. The highest BCUT2D eigenvalue weighted by atomic mass is 16.2. The lowest BCUT2D eigenvalue weighted by Crippen LogP contribution is -2.47. The first-order chi connectivity index (χ1) is 10.0. The summed E-state index contributed by atoms with van der Waals surface area (Å²) < 4.78 is 0. The number of para-hydroxylation sites is 1. The van der Waals surface area contributed by atoms with Gasteiger partial charge in [-0.2, -0.15) is 0 Å². The van der Waals surface area contributed by atoms with Crippen LogP contribution in [0.3, 0.4) is 0 Å². The predicted molar refractivity (Wildman–Crippen MR) is 84.0 cm³/mol. The van der Waals surface area contributed by atoms with Crippen molar-refractivity contribution in [3.05, 3.63) is 30.3 Å². The number of carbonyl (C=O) groups is 2. The van der Waals surface area contributed by atoms with E-state index in [0.29, 0.717) is 19.4 Å². The molecule has 1 N–H and O–H groups in total. The van der Waals surface area contributed by atoms with Gasteiger partial charge in [0.15, 0.2) is 0 Å². The van der Waals surface area contributed by atoms with E-state index in [1.165, 1.54) is 0 Å². The van der Waals surface area contributed by atoms with Gasteiger partial charge < -0.3 is 10.2 Å². The minimum absolute atomic E-state index is 0.0722. The van der Waals surface area contributed by atoms with Gasteiger partial charge in [0.25, 0.3) is 0 Å². The van der Waals surface area contributed by atoms with E-state index in [0.717, 1.165) is 12.1 Å². The molecule has 1 aromatic rings. The van der Waals surface area contributed by atoms with E-state index in [1.54, 1.807) is 4.90 Å². The average molecular weight is 288 g/mol. The average Bonchev–Trinajstić information content (AvgIpc) is 3.30. The Morgan fingerprint density at radius 1 is 1.24 bits per heavy atom. The molecule has 4 heteroatoms. The number of nitrogens with one attached hydrogen (secondary N) is 1. The zero-order valence-corrected chi connectivity index (χ0v) is 13.1. The van der Waals surface area contributed by atoms with Crippen molar-refractivity contribution in [2.45, 2.75) is 46.1 Å². The first kappa shape index (κ1) is 15.5. The third-order valence-electron chi connectivity index (χ3n) is 4.21. The molecule has 21 heavy (non-hydrogen) atoms. The predicted octanol–water partition coefficient (Wildman–Crippen LogP) is 2.73. The van der Waals surface area contributed by atoms with Crippen molar-refractivity contribution in [2.24, 2.45) is 5.41 Å². The van der Waals surface area contributed by atoms with E-state index in [-0.39, 0.29) is 17.9 Å². The summed E-state index contributed by atoms with van der Waals surface area (Å²) in [6, 6.07) is 9.65. The van der Waals surface area contributed by atoms with Crippen molar-refractivity contribution in [3.8, 4) is 0 Å². The van der Waals surface area contributed by atoms with Crippen molar-refractivity contribution in [1.29, 1.82) is 0 Å². The monoisotopic (exact) mass is 288 g/mol. The summed E-state index contributed by atoms with van der Waals surface area (Å²) in [4.78, 5) is 27.0. The number of anilines is 1. The smallest absolute Gasteiger partial charge is 0.242 e. The fourth-order valence-corrected chi connectivity index (χ4v) is 2.44. The van der Waals surface area contributed by atoms with E-state index >= 15 is 0 Å². The van der Waals surface area contributed by atoms with E-state index in [1.807, 2.05) is 51.1 Å². The van der Waals surface area contributed by atoms with Crippen LogP contribution in [0, 0.1) is 5.41 Å². The number of hydrogen-bond acceptors (Lipinski definition) is 2. The van der Waals surface area contributed by atoms with Crippen LogP contribution in [0.2, 0.25) is 0 Å². The lowest BCUT2D eigenvalue weighted by Gasteiger charge is -2.26. The van der Waals surface area contributed by atoms with Crippen molar-refractivity contribution in [1.82, 2.24) is 5.32 Å². The maximum atomic E-state index is 12.8. The molecule has 1 aromatic carbocycles. The molecule has 1 atom stereocenters. The fraction of sp³-hybridized carbons (Fsp3) is 0.529. The first-order valence-corrected chi connectivity index (χ1v) is 7.73. The molecule has 1 saturated carbocycles. The van der Waals surface area contributed by atoms with Gasteiger partial charge >= 0.3 is 0 Å². The summed E-state index contributed by atoms with van der Waals surface area (Å²) >= 11 is 0. The minimum atomic E-state index is -0.838. The third-order valence-corrected chi connectivity index (χ3v) is 4.21. The number of carbonyl (C=O) groups excluding carboxylic acids is 2. The molecule has 0 saturated heterocycles. The van der Waals surface area contributed by atoms with Crippen LogP contribution in [0.15, 0.2) is 30.3 Å². The standard InChI is InChI=1S/C17H24N2O2/c1-4-13(3)18-15(20)17(11-12-17)16(21)19(5-2)14-9-7-6-8-10-14/h6-10,13H,4-5,11-12H2,1-3H3,(H,18,20). The Bertz CT molecular complexity index is 509. The zero-order valence-electron chi connectivity index (χ0n) is 13.1. The molecule has 1 aliphatic rings. The summed E-state index contributed by atoms with van der Waals surface area (Å²) in [6.45, 7) is 6.50. The van der Waals surface area contributed by atoms with Gasteiger partial charge in [-0.1, -0.05) is 25.1 Å². The molecule has 1 fully saturated rings. The van der Waals surface area contributed by atoms with Gasteiger partial charge in [0, 0.05) is 18.3 Å². The van der Waals surface area contributed by atoms with E-state index < -0.39 is 5.41 Å². The Morgan fingerprint density at radius 3 is 2.33 bits per heavy atom. The zero-order chi connectivity index (χ0) is 15.5. The molecule has 114 valence electrons. The quantitative estimate of drug-likeness (QED) is 0.818. The van der Waals surface area contributed by atoms with Crippen LogP contribution in [0.5, 0.6) is 0 Å². The summed E-state index contributed by atoms with van der Waals surface area (Å²) in [5.41, 5.74) is 0.0163. The lowest BCUT2D eigenvalue weighted by atomic mass is 10.0. The Kier molecular flexibility index (Phi) is 4.66. The molecule has 1 aliphatic carbocycles. The molecule has 0 aromatic heterocycles. The summed E-state index contributed by atoms with van der Waals surface area (Å²) in [5.74, 6) is -0.187. The van der Waals surface area contributed by atoms with Crippen LogP contribution in [-0.2, 0) is 9.59 Å². The summed E-state index contributed by atoms with van der Waals surface area (Å²) in [6.07, 6.45) is 2.17. The number of amides is 2. The van der Waals surface area contributed by atoms with E-state index in [2.05, 4.69) is 5.32 Å². The van der Waals surface area contributed by atoms with Crippen LogP contribution >= 0.6 is 0 Å². The van der Waals surface area contributed by atoms with Gasteiger partial charge in [0.2, 0.25) is 11.8 Å². The third kappa shape index (κ3) is 3.09. The molecular formula is C17H24N2O2. The molecule has 2 amide bonds.